The van der Waals surface area contributed by atoms with Crippen LogP contribution in [-0.4, -0.2) is 21.5 Å². The van der Waals surface area contributed by atoms with Crippen molar-refractivity contribution in [2.45, 2.75) is 13.8 Å². The predicted octanol–water partition coefficient (Wildman–Crippen LogP) is 3.01. The van der Waals surface area contributed by atoms with Crippen LogP contribution in [0.1, 0.15) is 34.9 Å². The van der Waals surface area contributed by atoms with E-state index in [1.165, 1.54) is 0 Å². The van der Waals surface area contributed by atoms with Gasteiger partial charge in [-0.1, -0.05) is 12.2 Å². The monoisotopic (exact) mass is 280 g/mol. The number of carbonyl (C=O) groups is 2. The summed E-state index contributed by atoms with van der Waals surface area (Å²) in [4.78, 5) is 33.0. The first-order chi connectivity index (χ1) is 10.2. The van der Waals surface area contributed by atoms with Gasteiger partial charge in [0.2, 0.25) is 23.2 Å². The molecule has 0 bridgehead atoms. The van der Waals surface area contributed by atoms with Gasteiger partial charge < -0.3 is 4.42 Å². The summed E-state index contributed by atoms with van der Waals surface area (Å²) in [5.41, 5.74) is 1.40. The fraction of sp³-hybridized carbons (Fsp3) is 0.125. The lowest BCUT2D eigenvalue weighted by atomic mass is 9.88. The summed E-state index contributed by atoms with van der Waals surface area (Å²) in [5.74, 6) is -0.387. The average molecular weight is 280 g/mol. The number of carbonyl (C=O) groups excluding carboxylic acids is 2. The zero-order valence-corrected chi connectivity index (χ0v) is 11.6. The van der Waals surface area contributed by atoms with Crippen LogP contribution in [0.5, 0.6) is 0 Å². The molecule has 0 amide bonds. The second-order valence-corrected chi connectivity index (χ2v) is 4.50. The Labute approximate surface area is 121 Å². The van der Waals surface area contributed by atoms with Gasteiger partial charge in [-0.25, -0.2) is 4.98 Å². The van der Waals surface area contributed by atoms with Gasteiger partial charge in [0.15, 0.2) is 5.69 Å². The van der Waals surface area contributed by atoms with Crippen molar-refractivity contribution in [2.75, 3.05) is 0 Å². The topological polar surface area (TPSA) is 73.1 Å². The van der Waals surface area contributed by atoms with Crippen LogP contribution in [-0.2, 0) is 0 Å². The van der Waals surface area contributed by atoms with Crippen molar-refractivity contribution < 1.29 is 14.0 Å². The molecule has 0 N–H and O–H groups in total. The van der Waals surface area contributed by atoms with E-state index >= 15 is 0 Å². The number of pyridine rings is 1. The molecule has 0 aromatic carbocycles. The van der Waals surface area contributed by atoms with E-state index in [2.05, 4.69) is 9.97 Å². The number of aromatic nitrogens is 2. The molecule has 2 aromatic rings. The van der Waals surface area contributed by atoms with Crippen LogP contribution in [0.15, 0.2) is 52.2 Å². The third-order valence-electron chi connectivity index (χ3n) is 3.31. The molecule has 2 heterocycles. The summed E-state index contributed by atoms with van der Waals surface area (Å²) in [6.07, 6.45) is 6.43. The summed E-state index contributed by atoms with van der Waals surface area (Å²) in [5, 5.41) is 0. The third-order valence-corrected chi connectivity index (χ3v) is 3.31. The first-order valence-electron chi connectivity index (χ1n) is 6.51. The van der Waals surface area contributed by atoms with Crippen molar-refractivity contribution in [3.05, 3.63) is 59.3 Å². The van der Waals surface area contributed by atoms with E-state index in [1.807, 2.05) is 0 Å². The van der Waals surface area contributed by atoms with Gasteiger partial charge in [-0.3, -0.25) is 14.6 Å². The number of hydrogen-bond acceptors (Lipinski definition) is 5. The average Bonchev–Trinajstić information content (AvgIpc) is 2.97. The van der Waals surface area contributed by atoms with E-state index in [9.17, 15) is 9.59 Å². The number of allylic oxidation sites excluding steroid dienone is 4. The van der Waals surface area contributed by atoms with Gasteiger partial charge in [0.1, 0.15) is 0 Å². The largest absolute Gasteiger partial charge is 0.432 e. The van der Waals surface area contributed by atoms with E-state index in [0.29, 0.717) is 16.7 Å². The second kappa shape index (κ2) is 4.94. The molecule has 0 spiro atoms. The zero-order chi connectivity index (χ0) is 15.0. The van der Waals surface area contributed by atoms with Crippen LogP contribution in [0.25, 0.3) is 11.5 Å². The lowest BCUT2D eigenvalue weighted by Gasteiger charge is -2.13. The smallest absolute Gasteiger partial charge is 0.231 e. The highest BCUT2D eigenvalue weighted by molar-refractivity contribution is 6.29. The van der Waals surface area contributed by atoms with Gasteiger partial charge in [-0.05, 0) is 26.0 Å². The molecular formula is C16H12N2O3. The Morgan fingerprint density at radius 2 is 1.81 bits per heavy atom. The first kappa shape index (κ1) is 13.2. The molecule has 0 fully saturated rings. The maximum Gasteiger partial charge on any atom is 0.231 e. The fourth-order valence-electron chi connectivity index (χ4n) is 2.31. The number of oxazole rings is 1. The standard InChI is InChI=1S/C16H12N2O3/c1-3-10-11(4-2)14(20)15-12(13(10)19)18-16(21-15)9-6-5-7-17-8-9/h3-8H,1-2H3/b10-3+,11-4+. The fourth-order valence-corrected chi connectivity index (χ4v) is 2.31. The maximum absolute atomic E-state index is 12.4. The Hall–Kier alpha value is -2.82. The highest BCUT2D eigenvalue weighted by Crippen LogP contribution is 2.32. The zero-order valence-electron chi connectivity index (χ0n) is 11.6. The van der Waals surface area contributed by atoms with E-state index in [1.54, 1.807) is 50.5 Å². The Bertz CT molecular complexity index is 751. The number of Topliss-reactive ketones (excluding diaryl/α,β-unsaturated/α-hetero) is 2. The molecule has 1 aliphatic rings. The molecule has 2 aromatic heterocycles. The van der Waals surface area contributed by atoms with Crippen molar-refractivity contribution >= 4 is 11.6 Å². The molecule has 1 aliphatic carbocycles. The van der Waals surface area contributed by atoms with Crippen LogP contribution < -0.4 is 0 Å². The number of ketones is 2. The molecule has 0 atom stereocenters. The van der Waals surface area contributed by atoms with Crippen LogP contribution in [0.3, 0.4) is 0 Å². The molecule has 0 aliphatic heterocycles. The summed E-state index contributed by atoms with van der Waals surface area (Å²) in [6, 6.07) is 3.49. The number of rotatable bonds is 1. The highest BCUT2D eigenvalue weighted by Gasteiger charge is 2.37. The minimum Gasteiger partial charge on any atom is -0.432 e. The Morgan fingerprint density at radius 1 is 1.10 bits per heavy atom. The Kier molecular flexibility index (Phi) is 3.10. The highest BCUT2D eigenvalue weighted by atomic mass is 16.4. The van der Waals surface area contributed by atoms with Crippen LogP contribution in [0.4, 0.5) is 0 Å². The van der Waals surface area contributed by atoms with Gasteiger partial charge >= 0.3 is 0 Å². The second-order valence-electron chi connectivity index (χ2n) is 4.50. The molecule has 0 saturated heterocycles. The minimum absolute atomic E-state index is 0.00227. The molecule has 5 nitrogen and oxygen atoms in total. The van der Waals surface area contributed by atoms with Crippen molar-refractivity contribution in [3.8, 4) is 11.5 Å². The third kappa shape index (κ3) is 1.94. The van der Waals surface area contributed by atoms with Crippen LogP contribution in [0, 0.1) is 0 Å². The minimum atomic E-state index is -0.317. The summed E-state index contributed by atoms with van der Waals surface area (Å²) < 4.78 is 5.51. The van der Waals surface area contributed by atoms with Crippen molar-refractivity contribution in [1.82, 2.24) is 9.97 Å². The number of fused-ring (bicyclic) bond motifs is 1. The molecule has 0 unspecified atom stereocenters. The van der Waals surface area contributed by atoms with Crippen molar-refractivity contribution in [1.29, 1.82) is 0 Å². The van der Waals surface area contributed by atoms with Crippen molar-refractivity contribution in [3.63, 3.8) is 0 Å². The van der Waals surface area contributed by atoms with Gasteiger partial charge in [0, 0.05) is 23.5 Å². The quantitative estimate of drug-likeness (QED) is 0.751. The number of hydrogen-bond donors (Lipinski definition) is 0. The predicted molar refractivity (Wildman–Crippen MR) is 75.9 cm³/mol. The summed E-state index contributed by atoms with van der Waals surface area (Å²) in [7, 11) is 0. The lowest BCUT2D eigenvalue weighted by Crippen LogP contribution is -2.21. The first-order valence-corrected chi connectivity index (χ1v) is 6.51. The van der Waals surface area contributed by atoms with Crippen molar-refractivity contribution in [2.24, 2.45) is 0 Å². The van der Waals surface area contributed by atoms with Gasteiger partial charge in [0.25, 0.3) is 0 Å². The molecule has 5 heteroatoms. The lowest BCUT2D eigenvalue weighted by molar-refractivity contribution is 0.0952. The summed E-state index contributed by atoms with van der Waals surface area (Å²) in [6.45, 7) is 3.44. The van der Waals surface area contributed by atoms with E-state index in [-0.39, 0.29) is 28.9 Å². The number of nitrogens with zero attached hydrogens (tertiary/aromatic N) is 2. The van der Waals surface area contributed by atoms with Gasteiger partial charge in [0.05, 0.1) is 5.56 Å². The molecule has 0 radical (unpaired) electrons. The SMILES string of the molecule is C/C=C1/C(=O)c2nc(-c3cccnc3)oc2C(=O)/C1=C/C. The molecule has 0 saturated carbocycles. The van der Waals surface area contributed by atoms with Gasteiger partial charge in [-0.15, -0.1) is 0 Å². The van der Waals surface area contributed by atoms with E-state index < -0.39 is 0 Å². The Balaban J connectivity index is 2.20. The van der Waals surface area contributed by atoms with Crippen LogP contribution >= 0.6 is 0 Å². The molecule has 104 valence electrons. The van der Waals surface area contributed by atoms with Gasteiger partial charge in [-0.2, -0.15) is 0 Å². The van der Waals surface area contributed by atoms with E-state index in [0.717, 1.165) is 0 Å². The van der Waals surface area contributed by atoms with E-state index in [4.69, 9.17) is 4.42 Å². The van der Waals surface area contributed by atoms with Crippen LogP contribution in [0.2, 0.25) is 0 Å². The maximum atomic E-state index is 12.4. The Morgan fingerprint density at radius 3 is 2.43 bits per heavy atom. The normalized spacial score (nSPS) is 18.4. The molecular weight excluding hydrogens is 268 g/mol. The molecule has 3 rings (SSSR count). The summed E-state index contributed by atoms with van der Waals surface area (Å²) >= 11 is 0. The molecule has 21 heavy (non-hydrogen) atoms.